The van der Waals surface area contributed by atoms with Crippen molar-refractivity contribution in [2.75, 3.05) is 19.4 Å². The molecule has 0 aliphatic heterocycles. The zero-order chi connectivity index (χ0) is 25.2. The van der Waals surface area contributed by atoms with Crippen LogP contribution in [0, 0.1) is 11.3 Å². The van der Waals surface area contributed by atoms with Gasteiger partial charge in [-0.3, -0.25) is 4.79 Å². The maximum atomic E-state index is 13.1. The second-order valence-electron chi connectivity index (χ2n) is 8.34. The highest BCUT2D eigenvalue weighted by Crippen LogP contribution is 2.30. The van der Waals surface area contributed by atoms with Gasteiger partial charge in [0.1, 0.15) is 23.0 Å². The van der Waals surface area contributed by atoms with Crippen LogP contribution >= 0.6 is 0 Å². The molecule has 180 valence electrons. The van der Waals surface area contributed by atoms with Crippen molar-refractivity contribution in [1.82, 2.24) is 18.8 Å². The first-order chi connectivity index (χ1) is 16.8. The number of anilines is 1. The zero-order valence-corrected chi connectivity index (χ0v) is 20.6. The van der Waals surface area contributed by atoms with Gasteiger partial charge in [0.2, 0.25) is 10.0 Å². The van der Waals surface area contributed by atoms with Crippen LogP contribution in [0.5, 0.6) is 0 Å². The summed E-state index contributed by atoms with van der Waals surface area (Å²) in [7, 11) is -0.714. The summed E-state index contributed by atoms with van der Waals surface area (Å²) in [5.41, 5.74) is 2.86. The van der Waals surface area contributed by atoms with Crippen molar-refractivity contribution in [3.05, 3.63) is 59.7 Å². The van der Waals surface area contributed by atoms with Crippen LogP contribution in [0.4, 0.5) is 5.82 Å². The van der Waals surface area contributed by atoms with Crippen LogP contribution in [0.15, 0.2) is 53.4 Å². The second kappa shape index (κ2) is 9.82. The lowest BCUT2D eigenvalue weighted by Crippen LogP contribution is -2.22. The summed E-state index contributed by atoms with van der Waals surface area (Å²) in [5, 5.41) is 12.8. The molecule has 0 radical (unpaired) electrons. The number of aromatic nitrogens is 3. The molecule has 0 spiro atoms. The predicted octanol–water partition coefficient (Wildman–Crippen LogP) is 4.15. The molecule has 4 rings (SSSR count). The number of unbranched alkanes of at least 4 members (excludes halogenated alkanes) is 2. The van der Waals surface area contributed by atoms with E-state index >= 15 is 0 Å². The Hall–Kier alpha value is -3.81. The average molecular weight is 491 g/mol. The Morgan fingerprint density at radius 1 is 1.06 bits per heavy atom. The van der Waals surface area contributed by atoms with E-state index in [9.17, 15) is 18.5 Å². The van der Waals surface area contributed by atoms with E-state index in [1.54, 1.807) is 0 Å². The highest BCUT2D eigenvalue weighted by molar-refractivity contribution is 7.89. The minimum Gasteiger partial charge on any atom is -0.309 e. The van der Waals surface area contributed by atoms with E-state index in [1.807, 2.05) is 28.8 Å². The normalized spacial score (nSPS) is 11.7. The third-order valence-electron chi connectivity index (χ3n) is 5.78. The third-order valence-corrected chi connectivity index (χ3v) is 7.60. The zero-order valence-electron chi connectivity index (χ0n) is 19.8. The number of rotatable bonds is 8. The molecule has 9 nitrogen and oxygen atoms in total. The third kappa shape index (κ3) is 4.60. The van der Waals surface area contributed by atoms with Crippen LogP contribution < -0.4 is 5.32 Å². The van der Waals surface area contributed by atoms with Crippen molar-refractivity contribution in [2.24, 2.45) is 0 Å². The standard InChI is InChI=1S/C25H26N6O3S/c1-4-5-8-15-31-23(19(16-26)22-24(31)28-21-10-7-6-9-20(21)27-22)29-25(32)17-11-13-18(14-12-17)35(33,34)30(2)3/h6-7,9-14H,4-5,8,15H2,1-3H3,(H,29,32). The number of carbonyl (C=O) groups is 1. The lowest BCUT2D eigenvalue weighted by Gasteiger charge is -2.13. The number of hydrogen-bond donors (Lipinski definition) is 1. The van der Waals surface area contributed by atoms with E-state index < -0.39 is 15.9 Å². The van der Waals surface area contributed by atoms with Gasteiger partial charge in [-0.25, -0.2) is 22.7 Å². The molecule has 1 amide bonds. The van der Waals surface area contributed by atoms with E-state index in [-0.39, 0.29) is 16.0 Å². The number of para-hydroxylation sites is 2. The Bertz CT molecular complexity index is 1550. The molecule has 0 saturated carbocycles. The maximum Gasteiger partial charge on any atom is 0.256 e. The molecule has 2 aromatic carbocycles. The molecule has 0 unspecified atom stereocenters. The molecule has 2 heterocycles. The Morgan fingerprint density at radius 3 is 2.31 bits per heavy atom. The Morgan fingerprint density at radius 2 is 1.71 bits per heavy atom. The first-order valence-electron chi connectivity index (χ1n) is 11.3. The molecule has 4 aromatic rings. The van der Waals surface area contributed by atoms with Crippen LogP contribution in [-0.4, -0.2) is 47.3 Å². The number of nitrogens with zero attached hydrogens (tertiary/aromatic N) is 5. The second-order valence-corrected chi connectivity index (χ2v) is 10.5. The van der Waals surface area contributed by atoms with E-state index in [1.165, 1.54) is 38.4 Å². The van der Waals surface area contributed by atoms with Crippen molar-refractivity contribution >= 4 is 43.9 Å². The van der Waals surface area contributed by atoms with Gasteiger partial charge in [-0.2, -0.15) is 5.26 Å². The van der Waals surface area contributed by atoms with Crippen molar-refractivity contribution < 1.29 is 13.2 Å². The lowest BCUT2D eigenvalue weighted by atomic mass is 10.2. The summed E-state index contributed by atoms with van der Waals surface area (Å²) in [5.74, 6) is -0.122. The monoisotopic (exact) mass is 490 g/mol. The molecule has 0 fully saturated rings. The van der Waals surface area contributed by atoms with Gasteiger partial charge in [-0.15, -0.1) is 0 Å². The van der Waals surface area contributed by atoms with Gasteiger partial charge in [-0.05, 0) is 42.8 Å². The Balaban J connectivity index is 1.77. The summed E-state index contributed by atoms with van der Waals surface area (Å²) in [6.07, 6.45) is 2.85. The molecule has 0 aliphatic rings. The van der Waals surface area contributed by atoms with E-state index in [0.717, 1.165) is 23.6 Å². The topological polar surface area (TPSA) is 121 Å². The van der Waals surface area contributed by atoms with E-state index in [2.05, 4.69) is 23.3 Å². The summed E-state index contributed by atoms with van der Waals surface area (Å²) < 4.78 is 27.6. The van der Waals surface area contributed by atoms with Gasteiger partial charge >= 0.3 is 0 Å². The van der Waals surface area contributed by atoms with Crippen LogP contribution in [0.2, 0.25) is 0 Å². The van der Waals surface area contributed by atoms with Crippen LogP contribution in [0.25, 0.3) is 22.2 Å². The molecular weight excluding hydrogens is 464 g/mol. The Kier molecular flexibility index (Phi) is 6.82. The molecule has 35 heavy (non-hydrogen) atoms. The SMILES string of the molecule is CCCCCn1c(NC(=O)c2ccc(S(=O)(=O)N(C)C)cc2)c(C#N)c2nc3ccccc3nc21. The van der Waals surface area contributed by atoms with Crippen LogP contribution in [0.1, 0.15) is 42.1 Å². The van der Waals surface area contributed by atoms with E-state index in [4.69, 9.17) is 4.98 Å². The fourth-order valence-electron chi connectivity index (χ4n) is 3.84. The van der Waals surface area contributed by atoms with Crippen LogP contribution in [-0.2, 0) is 16.6 Å². The first-order valence-corrected chi connectivity index (χ1v) is 12.7. The fourth-order valence-corrected chi connectivity index (χ4v) is 4.74. The Labute approximate surface area is 204 Å². The highest BCUT2D eigenvalue weighted by Gasteiger charge is 2.23. The maximum absolute atomic E-state index is 13.1. The molecule has 0 aliphatic carbocycles. The molecule has 0 saturated heterocycles. The number of amides is 1. The molecular formula is C25H26N6O3S. The van der Waals surface area contributed by atoms with Gasteiger partial charge < -0.3 is 9.88 Å². The number of aryl methyl sites for hydroxylation is 1. The van der Waals surface area contributed by atoms with Crippen molar-refractivity contribution in [3.8, 4) is 6.07 Å². The quantitative estimate of drug-likeness (QED) is 0.370. The lowest BCUT2D eigenvalue weighted by molar-refractivity contribution is 0.102. The summed E-state index contributed by atoms with van der Waals surface area (Å²) in [4.78, 5) is 22.6. The number of benzene rings is 2. The molecule has 0 bridgehead atoms. The average Bonchev–Trinajstić information content (AvgIpc) is 3.13. The van der Waals surface area contributed by atoms with Crippen molar-refractivity contribution in [3.63, 3.8) is 0 Å². The van der Waals surface area contributed by atoms with Crippen LogP contribution in [0.3, 0.4) is 0 Å². The van der Waals surface area contributed by atoms with E-state index in [0.29, 0.717) is 34.6 Å². The summed E-state index contributed by atoms with van der Waals surface area (Å²) in [6, 6.07) is 15.3. The molecule has 10 heteroatoms. The highest BCUT2D eigenvalue weighted by atomic mass is 32.2. The van der Waals surface area contributed by atoms with Gasteiger partial charge in [0.05, 0.1) is 15.9 Å². The number of nitrogens with one attached hydrogen (secondary N) is 1. The van der Waals surface area contributed by atoms with Gasteiger partial charge in [0, 0.05) is 26.2 Å². The number of fused-ring (bicyclic) bond motifs is 2. The van der Waals surface area contributed by atoms with Gasteiger partial charge in [0.25, 0.3) is 5.91 Å². The number of carbonyl (C=O) groups excluding carboxylic acids is 1. The van der Waals surface area contributed by atoms with Crippen molar-refractivity contribution in [2.45, 2.75) is 37.6 Å². The first kappa shape index (κ1) is 24.3. The molecule has 1 N–H and O–H groups in total. The van der Waals surface area contributed by atoms with Crippen molar-refractivity contribution in [1.29, 1.82) is 5.26 Å². The fraction of sp³-hybridized carbons (Fsp3) is 0.280. The van der Waals surface area contributed by atoms with Gasteiger partial charge in [0.15, 0.2) is 5.65 Å². The minimum atomic E-state index is -3.61. The molecule has 0 atom stereocenters. The largest absolute Gasteiger partial charge is 0.309 e. The smallest absolute Gasteiger partial charge is 0.256 e. The van der Waals surface area contributed by atoms with Gasteiger partial charge in [-0.1, -0.05) is 31.9 Å². The summed E-state index contributed by atoms with van der Waals surface area (Å²) >= 11 is 0. The predicted molar refractivity (Wildman–Crippen MR) is 135 cm³/mol. The summed E-state index contributed by atoms with van der Waals surface area (Å²) in [6.45, 7) is 2.67. The number of sulfonamides is 1. The number of nitriles is 1. The molecule has 2 aromatic heterocycles. The minimum absolute atomic E-state index is 0.0885. The number of hydrogen-bond acceptors (Lipinski definition) is 6.